The summed E-state index contributed by atoms with van der Waals surface area (Å²) in [7, 11) is 9.33. The minimum absolute atomic E-state index is 0.0715. The average Bonchev–Trinajstić information content (AvgIpc) is 3.25. The van der Waals surface area contributed by atoms with Crippen molar-refractivity contribution in [3.05, 3.63) is 118 Å². The average molecular weight is 785 g/mol. The van der Waals surface area contributed by atoms with Gasteiger partial charge in [0.05, 0.1) is 53.8 Å². The van der Waals surface area contributed by atoms with Gasteiger partial charge in [-0.1, -0.05) is 74.5 Å². The van der Waals surface area contributed by atoms with Crippen molar-refractivity contribution in [1.82, 2.24) is 10.6 Å². The van der Waals surface area contributed by atoms with Crippen molar-refractivity contribution >= 4 is 33.4 Å². The van der Waals surface area contributed by atoms with Crippen LogP contribution in [0.2, 0.25) is 0 Å². The summed E-state index contributed by atoms with van der Waals surface area (Å²) >= 11 is 0. The molecule has 10 nitrogen and oxygen atoms in total. The number of carbonyl (C=O) groups is 2. The molecule has 6 aromatic carbocycles. The van der Waals surface area contributed by atoms with Gasteiger partial charge in [-0.15, -0.1) is 0 Å². The Morgan fingerprint density at radius 1 is 0.483 bits per heavy atom. The lowest BCUT2D eigenvalue weighted by Crippen LogP contribution is -2.28. The number of rotatable bonds is 15. The number of aryl methyl sites for hydroxylation is 2. The normalized spacial score (nSPS) is 12.1. The van der Waals surface area contributed by atoms with Crippen molar-refractivity contribution in [3.63, 3.8) is 0 Å². The van der Waals surface area contributed by atoms with E-state index in [2.05, 4.69) is 24.5 Å². The second-order valence-electron chi connectivity index (χ2n) is 14.4. The topological polar surface area (TPSA) is 114 Å². The third-order valence-corrected chi connectivity index (χ3v) is 10.9. The van der Waals surface area contributed by atoms with Gasteiger partial charge in [-0.25, -0.2) is 0 Å². The fourth-order valence-corrected chi connectivity index (χ4v) is 7.86. The first-order valence-electron chi connectivity index (χ1n) is 19.2. The van der Waals surface area contributed by atoms with Crippen LogP contribution in [0.1, 0.15) is 68.7 Å². The van der Waals surface area contributed by atoms with Gasteiger partial charge >= 0.3 is 0 Å². The van der Waals surface area contributed by atoms with Gasteiger partial charge in [0.25, 0.3) is 11.8 Å². The van der Waals surface area contributed by atoms with E-state index in [1.54, 1.807) is 28.4 Å². The van der Waals surface area contributed by atoms with Crippen LogP contribution in [0.5, 0.6) is 34.5 Å². The first-order chi connectivity index (χ1) is 28.0. The second-order valence-corrected chi connectivity index (χ2v) is 14.4. The van der Waals surface area contributed by atoms with Gasteiger partial charge in [-0.2, -0.15) is 0 Å². The minimum atomic E-state index is -0.304. The van der Waals surface area contributed by atoms with Crippen molar-refractivity contribution in [1.29, 1.82) is 0 Å². The predicted octanol–water partition coefficient (Wildman–Crippen LogP) is 9.40. The molecule has 0 aromatic heterocycles. The first kappa shape index (κ1) is 41.2. The molecule has 0 aliphatic heterocycles. The van der Waals surface area contributed by atoms with Crippen LogP contribution in [0, 0.1) is 13.8 Å². The van der Waals surface area contributed by atoms with Crippen LogP contribution in [0.15, 0.2) is 84.9 Å². The van der Waals surface area contributed by atoms with E-state index in [0.717, 1.165) is 33.4 Å². The lowest BCUT2D eigenvalue weighted by molar-refractivity contribution is 0.0941. The molecule has 0 spiro atoms. The molecule has 0 unspecified atom stereocenters. The van der Waals surface area contributed by atoms with Crippen molar-refractivity contribution in [3.8, 4) is 45.6 Å². The number of amides is 2. The molecule has 2 amide bonds. The molecule has 2 atom stereocenters. The molecule has 0 saturated carbocycles. The van der Waals surface area contributed by atoms with E-state index in [1.807, 2.05) is 98.8 Å². The summed E-state index contributed by atoms with van der Waals surface area (Å²) < 4.78 is 35.9. The highest BCUT2D eigenvalue weighted by Crippen LogP contribution is 2.52. The van der Waals surface area contributed by atoms with E-state index >= 15 is 0 Å². The molecule has 0 fully saturated rings. The van der Waals surface area contributed by atoms with E-state index in [0.29, 0.717) is 80.3 Å². The van der Waals surface area contributed by atoms with E-state index in [4.69, 9.17) is 28.4 Å². The summed E-state index contributed by atoms with van der Waals surface area (Å²) in [6.07, 6.45) is 0. The highest BCUT2D eigenvalue weighted by atomic mass is 16.5. The van der Waals surface area contributed by atoms with E-state index < -0.39 is 0 Å². The van der Waals surface area contributed by atoms with Crippen molar-refractivity contribution in [2.45, 2.75) is 39.5 Å². The van der Waals surface area contributed by atoms with Gasteiger partial charge in [-0.3, -0.25) is 9.59 Å². The first-order valence-corrected chi connectivity index (χ1v) is 19.2. The SMILES string of the molecule is COc1cc2c(OC)c(-c3c(C)cc4c(C(=O)NC[C@H](C)c5ccccc5)c(OC)c(OC)cc4c3OC)c(C)cc2c(C(=O)NC[C@@H](C)c2ccccc2)c1OC. The zero-order chi connectivity index (χ0) is 41.7. The van der Waals surface area contributed by atoms with E-state index in [9.17, 15) is 9.59 Å². The Bertz CT molecular complexity index is 2290. The van der Waals surface area contributed by atoms with Gasteiger partial charge in [0, 0.05) is 45.8 Å². The Kier molecular flexibility index (Phi) is 12.6. The minimum Gasteiger partial charge on any atom is -0.495 e. The Morgan fingerprint density at radius 3 is 1.14 bits per heavy atom. The smallest absolute Gasteiger partial charge is 0.255 e. The number of ether oxygens (including phenoxy) is 6. The number of hydrogen-bond acceptors (Lipinski definition) is 8. The number of hydrogen-bond donors (Lipinski definition) is 2. The summed E-state index contributed by atoms with van der Waals surface area (Å²) in [5.74, 6) is 1.95. The molecular weight excluding hydrogens is 733 g/mol. The van der Waals surface area contributed by atoms with Crippen LogP contribution < -0.4 is 39.1 Å². The Labute approximate surface area is 340 Å². The number of carbonyl (C=O) groups excluding carboxylic acids is 2. The van der Waals surface area contributed by atoms with Gasteiger partial charge < -0.3 is 39.1 Å². The molecule has 302 valence electrons. The van der Waals surface area contributed by atoms with Crippen molar-refractivity contribution in [2.75, 3.05) is 55.7 Å². The number of benzene rings is 6. The lowest BCUT2D eigenvalue weighted by atomic mass is 9.87. The third-order valence-electron chi connectivity index (χ3n) is 10.9. The molecule has 10 heteroatoms. The maximum Gasteiger partial charge on any atom is 0.255 e. The summed E-state index contributed by atoms with van der Waals surface area (Å²) in [6.45, 7) is 8.90. The van der Waals surface area contributed by atoms with Gasteiger partial charge in [-0.05, 0) is 72.2 Å². The zero-order valence-electron chi connectivity index (χ0n) is 34.9. The van der Waals surface area contributed by atoms with Crippen LogP contribution in [-0.4, -0.2) is 67.6 Å². The molecule has 0 aliphatic carbocycles. The Morgan fingerprint density at radius 2 is 0.828 bits per heavy atom. The van der Waals surface area contributed by atoms with Crippen LogP contribution in [-0.2, 0) is 0 Å². The number of methoxy groups -OCH3 is 6. The van der Waals surface area contributed by atoms with Gasteiger partial charge in [0.2, 0.25) is 0 Å². The monoisotopic (exact) mass is 784 g/mol. The molecule has 0 heterocycles. The molecule has 0 bridgehead atoms. The van der Waals surface area contributed by atoms with Crippen LogP contribution in [0.4, 0.5) is 0 Å². The largest absolute Gasteiger partial charge is 0.495 e. The van der Waals surface area contributed by atoms with Crippen LogP contribution >= 0.6 is 0 Å². The summed E-state index contributed by atoms with van der Waals surface area (Å²) in [4.78, 5) is 28.4. The molecule has 0 radical (unpaired) electrons. The third kappa shape index (κ3) is 7.66. The summed E-state index contributed by atoms with van der Waals surface area (Å²) in [5.41, 5.74) is 6.04. The Hall–Kier alpha value is -6.42. The maximum atomic E-state index is 14.2. The lowest BCUT2D eigenvalue weighted by Gasteiger charge is -2.24. The maximum absolute atomic E-state index is 14.2. The van der Waals surface area contributed by atoms with Crippen LogP contribution in [0.3, 0.4) is 0 Å². The molecule has 58 heavy (non-hydrogen) atoms. The standard InChI is InChI=1S/C48H52N2O8/c1-27-21-33-35(23-37(53-5)45(57-9)41(33)47(51)49-25-29(3)31-17-13-11-14-18-31)43(55-7)39(27)40-28(2)22-34-36(44(40)56-8)24-38(54-6)46(58-10)42(34)48(52)50-26-30(4)32-19-15-12-16-20-32/h11-24,29-30H,25-26H2,1-10H3,(H,49,51)(H,50,52)/t29-,30+. The highest BCUT2D eigenvalue weighted by molar-refractivity contribution is 6.16. The molecule has 0 aliphatic rings. The van der Waals surface area contributed by atoms with Crippen molar-refractivity contribution < 1.29 is 38.0 Å². The Balaban J connectivity index is 1.53. The van der Waals surface area contributed by atoms with Crippen LogP contribution in [0.25, 0.3) is 32.7 Å². The van der Waals surface area contributed by atoms with E-state index in [1.165, 1.54) is 14.2 Å². The molecule has 6 aromatic rings. The number of nitrogens with one attached hydrogen (secondary N) is 2. The summed E-state index contributed by atoms with van der Waals surface area (Å²) in [5, 5.41) is 8.82. The quantitative estimate of drug-likeness (QED) is 0.106. The number of fused-ring (bicyclic) bond motifs is 2. The molecular formula is C48H52N2O8. The fourth-order valence-electron chi connectivity index (χ4n) is 7.86. The molecule has 2 N–H and O–H groups in total. The highest BCUT2D eigenvalue weighted by Gasteiger charge is 2.30. The summed E-state index contributed by atoms with van der Waals surface area (Å²) in [6, 6.07) is 27.7. The van der Waals surface area contributed by atoms with Gasteiger partial charge in [0.1, 0.15) is 11.5 Å². The molecule has 0 saturated heterocycles. The molecule has 6 rings (SSSR count). The fraction of sp³-hybridized carbons (Fsp3) is 0.292. The second kappa shape index (κ2) is 17.8. The predicted molar refractivity (Wildman–Crippen MR) is 230 cm³/mol. The van der Waals surface area contributed by atoms with Gasteiger partial charge in [0.15, 0.2) is 23.0 Å². The van der Waals surface area contributed by atoms with Crippen molar-refractivity contribution in [2.24, 2.45) is 0 Å². The zero-order valence-corrected chi connectivity index (χ0v) is 34.9. The van der Waals surface area contributed by atoms with E-state index in [-0.39, 0.29) is 23.7 Å².